The molecule has 0 aromatic carbocycles. The zero-order chi connectivity index (χ0) is 8.85. The molecule has 3 N–H and O–H groups in total. The van der Waals surface area contributed by atoms with Crippen LogP contribution in [0, 0.1) is 0 Å². The van der Waals surface area contributed by atoms with Crippen LogP contribution in [0.5, 0.6) is 0 Å². The molecule has 0 bridgehead atoms. The average Bonchev–Trinajstić information content (AvgIpc) is 1.86. The molecule has 11 heavy (non-hydrogen) atoms. The van der Waals surface area contributed by atoms with E-state index < -0.39 is 6.03 Å². The van der Waals surface area contributed by atoms with Gasteiger partial charge >= 0.3 is 6.03 Å². The summed E-state index contributed by atoms with van der Waals surface area (Å²) < 4.78 is 0. The van der Waals surface area contributed by atoms with Crippen molar-refractivity contribution in [3.63, 3.8) is 0 Å². The van der Waals surface area contributed by atoms with Crippen LogP contribution in [0.25, 0.3) is 0 Å². The predicted octanol–water partition coefficient (Wildman–Crippen LogP) is 0.190. The second-order valence-electron chi connectivity index (χ2n) is 2.24. The van der Waals surface area contributed by atoms with Crippen LogP contribution < -0.4 is 11.1 Å². The number of allylic oxidation sites excluding steroid dienone is 1. The van der Waals surface area contributed by atoms with Gasteiger partial charge in [0.2, 0.25) is 0 Å². The van der Waals surface area contributed by atoms with Crippen molar-refractivity contribution < 1.29 is 9.59 Å². The highest BCUT2D eigenvalue weighted by Crippen LogP contribution is 1.92. The van der Waals surface area contributed by atoms with Gasteiger partial charge in [0, 0.05) is 13.0 Å². The Morgan fingerprint density at radius 3 is 2.45 bits per heavy atom. The quantitative estimate of drug-likeness (QED) is 0.570. The molecule has 0 aliphatic heterocycles. The van der Waals surface area contributed by atoms with Crippen molar-refractivity contribution in [2.75, 3.05) is 6.54 Å². The number of urea groups is 1. The van der Waals surface area contributed by atoms with Gasteiger partial charge < -0.3 is 11.1 Å². The highest BCUT2D eigenvalue weighted by molar-refractivity contribution is 5.94. The molecular formula is C7H12N2O2. The molecule has 0 aromatic heterocycles. The monoisotopic (exact) mass is 156 g/mol. The van der Waals surface area contributed by atoms with Crippen molar-refractivity contribution in [2.45, 2.75) is 13.3 Å². The third-order valence-electron chi connectivity index (χ3n) is 1.13. The van der Waals surface area contributed by atoms with Gasteiger partial charge in [-0.1, -0.05) is 6.58 Å². The van der Waals surface area contributed by atoms with Crippen LogP contribution in [0.2, 0.25) is 0 Å². The molecule has 0 heterocycles. The number of hydrogen-bond donors (Lipinski definition) is 2. The van der Waals surface area contributed by atoms with Crippen molar-refractivity contribution in [3.8, 4) is 0 Å². The van der Waals surface area contributed by atoms with E-state index in [1.807, 2.05) is 0 Å². The summed E-state index contributed by atoms with van der Waals surface area (Å²) in [6.45, 7) is 5.37. The Morgan fingerprint density at radius 1 is 1.55 bits per heavy atom. The van der Waals surface area contributed by atoms with Crippen LogP contribution in [-0.4, -0.2) is 18.4 Å². The molecule has 0 aliphatic carbocycles. The Balaban J connectivity index is 3.47. The van der Waals surface area contributed by atoms with E-state index in [4.69, 9.17) is 5.73 Å². The van der Waals surface area contributed by atoms with Crippen molar-refractivity contribution in [3.05, 3.63) is 12.2 Å². The van der Waals surface area contributed by atoms with Crippen LogP contribution in [0.3, 0.4) is 0 Å². The first-order chi connectivity index (χ1) is 5.04. The summed E-state index contributed by atoms with van der Waals surface area (Å²) in [5.41, 5.74) is 5.27. The third-order valence-corrected chi connectivity index (χ3v) is 1.13. The summed E-state index contributed by atoms with van der Waals surface area (Å²) in [5, 5.41) is 2.31. The van der Waals surface area contributed by atoms with E-state index in [0.717, 1.165) is 0 Å². The summed E-state index contributed by atoms with van der Waals surface area (Å²) in [7, 11) is 0. The van der Waals surface area contributed by atoms with Crippen LogP contribution in [0.15, 0.2) is 12.2 Å². The highest BCUT2D eigenvalue weighted by atomic mass is 16.2. The maximum atomic E-state index is 10.8. The molecule has 0 atom stereocenters. The summed E-state index contributed by atoms with van der Waals surface area (Å²) >= 11 is 0. The summed E-state index contributed by atoms with van der Waals surface area (Å²) in [6, 6.07) is -0.612. The Morgan fingerprint density at radius 2 is 2.09 bits per heavy atom. The normalized spacial score (nSPS) is 8.82. The van der Waals surface area contributed by atoms with E-state index in [1.54, 1.807) is 6.92 Å². The number of Topliss-reactive ketones (excluding diaryl/α,β-unsaturated/α-hetero) is 1. The Bertz CT molecular complexity index is 187. The van der Waals surface area contributed by atoms with Crippen LogP contribution in [0.4, 0.5) is 4.79 Å². The van der Waals surface area contributed by atoms with Gasteiger partial charge in [0.25, 0.3) is 0 Å². The molecule has 0 unspecified atom stereocenters. The van der Waals surface area contributed by atoms with E-state index in [0.29, 0.717) is 5.57 Å². The van der Waals surface area contributed by atoms with Gasteiger partial charge in [-0.15, -0.1) is 0 Å². The van der Waals surface area contributed by atoms with Gasteiger partial charge in [-0.3, -0.25) is 4.79 Å². The van der Waals surface area contributed by atoms with E-state index in [1.165, 1.54) is 0 Å². The van der Waals surface area contributed by atoms with Gasteiger partial charge in [-0.2, -0.15) is 0 Å². The average molecular weight is 156 g/mol. The first-order valence-corrected chi connectivity index (χ1v) is 3.26. The fourth-order valence-corrected chi connectivity index (χ4v) is 0.513. The number of carbonyl (C=O) groups excluding carboxylic acids is 2. The number of amides is 2. The van der Waals surface area contributed by atoms with E-state index in [-0.39, 0.29) is 18.7 Å². The standard InChI is InChI=1S/C7H12N2O2/c1-5(2)6(10)3-4-9-7(8)11/h1,3-4H2,2H3,(H3,8,9,11). The fraction of sp³-hybridized carbons (Fsp3) is 0.429. The zero-order valence-electron chi connectivity index (χ0n) is 6.52. The number of hydrogen-bond acceptors (Lipinski definition) is 2. The number of carbonyl (C=O) groups is 2. The zero-order valence-corrected chi connectivity index (χ0v) is 6.52. The molecule has 0 radical (unpaired) electrons. The topological polar surface area (TPSA) is 72.2 Å². The molecule has 4 heteroatoms. The SMILES string of the molecule is C=C(C)C(=O)CCNC(N)=O. The fourth-order valence-electron chi connectivity index (χ4n) is 0.513. The molecule has 0 fully saturated rings. The van der Waals surface area contributed by atoms with Gasteiger partial charge in [0.15, 0.2) is 5.78 Å². The van der Waals surface area contributed by atoms with Gasteiger partial charge in [0.1, 0.15) is 0 Å². The molecule has 0 aromatic rings. The number of rotatable bonds is 4. The largest absolute Gasteiger partial charge is 0.352 e. The molecule has 2 amide bonds. The van der Waals surface area contributed by atoms with Gasteiger partial charge in [-0.05, 0) is 12.5 Å². The third kappa shape index (κ3) is 5.14. The number of ketones is 1. The first kappa shape index (κ1) is 9.68. The second kappa shape index (κ2) is 4.49. The number of nitrogens with one attached hydrogen (secondary N) is 1. The molecule has 0 saturated carbocycles. The summed E-state index contributed by atoms with van der Waals surface area (Å²) in [6.07, 6.45) is 0.262. The smallest absolute Gasteiger partial charge is 0.312 e. The maximum absolute atomic E-state index is 10.8. The molecule has 0 aliphatic rings. The Kier molecular flexibility index (Phi) is 3.95. The number of nitrogens with two attached hydrogens (primary N) is 1. The molecule has 0 saturated heterocycles. The van der Waals surface area contributed by atoms with E-state index >= 15 is 0 Å². The maximum Gasteiger partial charge on any atom is 0.312 e. The number of primary amides is 1. The molecular weight excluding hydrogens is 144 g/mol. The molecule has 0 spiro atoms. The predicted molar refractivity (Wildman–Crippen MR) is 42.0 cm³/mol. The Hall–Kier alpha value is -1.32. The van der Waals surface area contributed by atoms with Gasteiger partial charge in [0.05, 0.1) is 0 Å². The highest BCUT2D eigenvalue weighted by Gasteiger charge is 2.01. The van der Waals surface area contributed by atoms with Crippen LogP contribution in [-0.2, 0) is 4.79 Å². The first-order valence-electron chi connectivity index (χ1n) is 3.26. The minimum absolute atomic E-state index is 0.0567. The summed E-state index contributed by atoms with van der Waals surface area (Å²) in [5.74, 6) is -0.0567. The summed E-state index contributed by atoms with van der Waals surface area (Å²) in [4.78, 5) is 21.0. The van der Waals surface area contributed by atoms with Crippen molar-refractivity contribution in [1.29, 1.82) is 0 Å². The lowest BCUT2D eigenvalue weighted by Gasteiger charge is -1.99. The lowest BCUT2D eigenvalue weighted by Crippen LogP contribution is -2.31. The lowest BCUT2D eigenvalue weighted by molar-refractivity contribution is -0.115. The second-order valence-corrected chi connectivity index (χ2v) is 2.24. The van der Waals surface area contributed by atoms with E-state index in [2.05, 4.69) is 11.9 Å². The minimum atomic E-state index is -0.612. The van der Waals surface area contributed by atoms with Crippen LogP contribution >= 0.6 is 0 Å². The van der Waals surface area contributed by atoms with Gasteiger partial charge in [-0.25, -0.2) is 4.79 Å². The lowest BCUT2D eigenvalue weighted by atomic mass is 10.2. The molecule has 62 valence electrons. The molecule has 0 rings (SSSR count). The van der Waals surface area contributed by atoms with Crippen LogP contribution in [0.1, 0.15) is 13.3 Å². The Labute approximate surface area is 65.5 Å². The van der Waals surface area contributed by atoms with E-state index in [9.17, 15) is 9.59 Å². The minimum Gasteiger partial charge on any atom is -0.352 e. The van der Waals surface area contributed by atoms with Crippen molar-refractivity contribution in [1.82, 2.24) is 5.32 Å². The molecule has 4 nitrogen and oxygen atoms in total. The van der Waals surface area contributed by atoms with Crippen molar-refractivity contribution in [2.24, 2.45) is 5.73 Å². The van der Waals surface area contributed by atoms with Crippen molar-refractivity contribution >= 4 is 11.8 Å².